The number of thiazole rings is 1. The molecule has 1 aliphatic rings. The molecule has 0 bridgehead atoms. The number of nitrogens with zero attached hydrogens (tertiary/aromatic N) is 2. The van der Waals surface area contributed by atoms with Gasteiger partial charge in [0.15, 0.2) is 5.96 Å². The summed E-state index contributed by atoms with van der Waals surface area (Å²) in [5.41, 5.74) is 1.13. The van der Waals surface area contributed by atoms with Crippen molar-refractivity contribution in [3.63, 3.8) is 0 Å². The van der Waals surface area contributed by atoms with Gasteiger partial charge in [0.1, 0.15) is 0 Å². The van der Waals surface area contributed by atoms with Crippen LogP contribution in [0.25, 0.3) is 0 Å². The minimum Gasteiger partial charge on any atom is -0.381 e. The van der Waals surface area contributed by atoms with Crippen LogP contribution in [0.1, 0.15) is 36.4 Å². The molecule has 2 rings (SSSR count). The predicted octanol–water partition coefficient (Wildman–Crippen LogP) is 3.00. The average molecular weight is 496 g/mol. The van der Waals surface area contributed by atoms with Gasteiger partial charge >= 0.3 is 0 Å². The Morgan fingerprint density at radius 2 is 2.15 bits per heavy atom. The molecule has 1 fully saturated rings. The topological polar surface area (TPSA) is 67.8 Å². The second-order valence-electron chi connectivity index (χ2n) is 6.42. The van der Waals surface area contributed by atoms with Gasteiger partial charge in [-0.15, -0.1) is 35.3 Å². The van der Waals surface area contributed by atoms with E-state index in [1.54, 1.807) is 11.3 Å². The molecule has 1 aromatic heterocycles. The highest BCUT2D eigenvalue weighted by molar-refractivity contribution is 14.0. The summed E-state index contributed by atoms with van der Waals surface area (Å²) in [6.07, 6.45) is 5.45. The first-order valence-electron chi connectivity index (χ1n) is 9.29. The number of nitrogens with one attached hydrogen (secondary N) is 2. The molecule has 0 radical (unpaired) electrons. The van der Waals surface area contributed by atoms with E-state index < -0.39 is 0 Å². The molecular formula is C18H33IN4O2S. The van der Waals surface area contributed by atoms with Gasteiger partial charge in [-0.3, -0.25) is 4.99 Å². The first-order valence-corrected chi connectivity index (χ1v) is 10.2. The summed E-state index contributed by atoms with van der Waals surface area (Å²) in [5, 5.41) is 10.1. The molecule has 2 N–H and O–H groups in total. The van der Waals surface area contributed by atoms with Crippen LogP contribution in [0.15, 0.2) is 10.4 Å². The van der Waals surface area contributed by atoms with E-state index in [-0.39, 0.29) is 24.0 Å². The van der Waals surface area contributed by atoms with E-state index in [0.29, 0.717) is 5.92 Å². The van der Waals surface area contributed by atoms with E-state index in [1.165, 1.54) is 5.01 Å². The van der Waals surface area contributed by atoms with E-state index in [0.717, 1.165) is 83.3 Å². The molecule has 1 saturated heterocycles. The van der Waals surface area contributed by atoms with Gasteiger partial charge in [-0.05, 0) is 39.0 Å². The van der Waals surface area contributed by atoms with Crippen molar-refractivity contribution in [2.45, 2.75) is 39.0 Å². The highest BCUT2D eigenvalue weighted by atomic mass is 127. The van der Waals surface area contributed by atoms with E-state index in [1.807, 2.05) is 14.0 Å². The Balaban J connectivity index is 0.00000338. The Morgan fingerprint density at radius 3 is 2.81 bits per heavy atom. The summed E-state index contributed by atoms with van der Waals surface area (Å²) in [5.74, 6) is 1.46. The van der Waals surface area contributed by atoms with Crippen LogP contribution in [-0.4, -0.2) is 57.5 Å². The van der Waals surface area contributed by atoms with E-state index in [9.17, 15) is 0 Å². The molecule has 26 heavy (non-hydrogen) atoms. The fourth-order valence-electron chi connectivity index (χ4n) is 2.69. The number of guanidine groups is 1. The summed E-state index contributed by atoms with van der Waals surface area (Å²) in [7, 11) is 1.81. The molecule has 1 unspecified atom stereocenters. The standard InChI is InChI=1S/C18H32N4O2S.HI/c1-15-14-25-17(22-15)6-3-4-8-20-18(19-2)21-9-5-10-23-12-16-7-11-24-13-16;/h14,16H,3-13H2,1-2H3,(H2,19,20,21);1H. The molecule has 8 heteroatoms. The molecule has 0 amide bonds. The number of aryl methyl sites for hydroxylation is 2. The zero-order chi connectivity index (χ0) is 17.7. The summed E-state index contributed by atoms with van der Waals surface area (Å²) >= 11 is 1.76. The van der Waals surface area contributed by atoms with Crippen molar-refractivity contribution in [1.82, 2.24) is 15.6 Å². The van der Waals surface area contributed by atoms with E-state index >= 15 is 0 Å². The van der Waals surface area contributed by atoms with Gasteiger partial charge in [0, 0.05) is 50.3 Å². The lowest BCUT2D eigenvalue weighted by Crippen LogP contribution is -2.38. The third-order valence-electron chi connectivity index (χ3n) is 4.14. The normalized spacial score (nSPS) is 17.2. The zero-order valence-corrected chi connectivity index (χ0v) is 19.1. The van der Waals surface area contributed by atoms with Gasteiger partial charge < -0.3 is 20.1 Å². The number of hydrogen-bond donors (Lipinski definition) is 2. The molecule has 1 aliphatic heterocycles. The second kappa shape index (κ2) is 14.6. The van der Waals surface area contributed by atoms with Crippen LogP contribution in [0.3, 0.4) is 0 Å². The molecule has 1 atom stereocenters. The SMILES string of the molecule is CN=C(NCCCCc1nc(C)cs1)NCCCOCC1CCOC1.I. The van der Waals surface area contributed by atoms with E-state index in [4.69, 9.17) is 9.47 Å². The maximum atomic E-state index is 5.70. The maximum absolute atomic E-state index is 5.70. The minimum absolute atomic E-state index is 0. The smallest absolute Gasteiger partial charge is 0.190 e. The lowest BCUT2D eigenvalue weighted by atomic mass is 10.1. The number of rotatable bonds is 11. The first-order chi connectivity index (χ1) is 12.3. The van der Waals surface area contributed by atoms with Crippen molar-refractivity contribution in [1.29, 1.82) is 0 Å². The molecule has 0 aromatic carbocycles. The predicted molar refractivity (Wildman–Crippen MR) is 119 cm³/mol. The molecule has 2 heterocycles. The van der Waals surface area contributed by atoms with Crippen LogP contribution >= 0.6 is 35.3 Å². The van der Waals surface area contributed by atoms with Crippen molar-refractivity contribution in [3.8, 4) is 0 Å². The Kier molecular flexibility index (Phi) is 13.2. The summed E-state index contributed by atoms with van der Waals surface area (Å²) < 4.78 is 11.0. The maximum Gasteiger partial charge on any atom is 0.190 e. The lowest BCUT2D eigenvalue weighted by molar-refractivity contribution is 0.0888. The van der Waals surface area contributed by atoms with Crippen molar-refractivity contribution >= 4 is 41.3 Å². The molecule has 0 aliphatic carbocycles. The summed E-state index contributed by atoms with van der Waals surface area (Å²) in [6, 6.07) is 0. The number of aliphatic imine (C=N–C) groups is 1. The molecular weight excluding hydrogens is 463 g/mol. The third-order valence-corrected chi connectivity index (χ3v) is 5.16. The van der Waals surface area contributed by atoms with Crippen molar-refractivity contribution in [2.75, 3.05) is 46.6 Å². The second-order valence-corrected chi connectivity index (χ2v) is 7.37. The van der Waals surface area contributed by atoms with Gasteiger partial charge in [-0.1, -0.05) is 0 Å². The monoisotopic (exact) mass is 496 g/mol. The van der Waals surface area contributed by atoms with Crippen LogP contribution < -0.4 is 10.6 Å². The third kappa shape index (κ3) is 10.0. The summed E-state index contributed by atoms with van der Waals surface area (Å²) in [6.45, 7) is 7.21. The van der Waals surface area contributed by atoms with Gasteiger partial charge in [0.25, 0.3) is 0 Å². The van der Waals surface area contributed by atoms with E-state index in [2.05, 4.69) is 26.0 Å². The number of ether oxygens (including phenoxy) is 2. The van der Waals surface area contributed by atoms with Crippen molar-refractivity contribution in [2.24, 2.45) is 10.9 Å². The molecule has 1 aromatic rings. The number of hydrogen-bond acceptors (Lipinski definition) is 5. The fourth-order valence-corrected chi connectivity index (χ4v) is 3.51. The Bertz CT molecular complexity index is 507. The highest BCUT2D eigenvalue weighted by Gasteiger charge is 2.15. The Morgan fingerprint density at radius 1 is 1.35 bits per heavy atom. The van der Waals surface area contributed by atoms with Gasteiger partial charge in [-0.2, -0.15) is 0 Å². The Labute approximate surface area is 178 Å². The fraction of sp³-hybridized carbons (Fsp3) is 0.778. The van der Waals surface area contributed by atoms with Crippen LogP contribution in [0, 0.1) is 12.8 Å². The molecule has 6 nitrogen and oxygen atoms in total. The Hall–Kier alpha value is -0.450. The highest BCUT2D eigenvalue weighted by Crippen LogP contribution is 2.12. The largest absolute Gasteiger partial charge is 0.381 e. The van der Waals surface area contributed by atoms with Crippen molar-refractivity contribution < 1.29 is 9.47 Å². The molecule has 0 saturated carbocycles. The lowest BCUT2D eigenvalue weighted by Gasteiger charge is -2.12. The van der Waals surface area contributed by atoms with Crippen LogP contribution in [0.5, 0.6) is 0 Å². The number of unbranched alkanes of at least 4 members (excludes halogenated alkanes) is 1. The first kappa shape index (κ1) is 23.6. The van der Waals surface area contributed by atoms with Gasteiger partial charge in [0.2, 0.25) is 0 Å². The van der Waals surface area contributed by atoms with Gasteiger partial charge in [0.05, 0.1) is 18.2 Å². The minimum atomic E-state index is 0. The summed E-state index contributed by atoms with van der Waals surface area (Å²) in [4.78, 5) is 8.75. The number of aromatic nitrogens is 1. The van der Waals surface area contributed by atoms with Crippen LogP contribution in [-0.2, 0) is 15.9 Å². The zero-order valence-electron chi connectivity index (χ0n) is 16.0. The number of halogens is 1. The quantitative estimate of drug-likeness (QED) is 0.214. The van der Waals surface area contributed by atoms with Crippen LogP contribution in [0.2, 0.25) is 0 Å². The van der Waals surface area contributed by atoms with Crippen molar-refractivity contribution in [3.05, 3.63) is 16.1 Å². The van der Waals surface area contributed by atoms with Gasteiger partial charge in [-0.25, -0.2) is 4.98 Å². The average Bonchev–Trinajstić information content (AvgIpc) is 3.27. The molecule has 150 valence electrons. The molecule has 0 spiro atoms. The van der Waals surface area contributed by atoms with Crippen LogP contribution in [0.4, 0.5) is 0 Å².